The van der Waals surface area contributed by atoms with Crippen molar-refractivity contribution in [2.45, 2.75) is 46.5 Å². The van der Waals surface area contributed by atoms with Gasteiger partial charge in [0.1, 0.15) is 0 Å². The van der Waals surface area contributed by atoms with Crippen molar-refractivity contribution in [1.29, 1.82) is 0 Å². The fourth-order valence-electron chi connectivity index (χ4n) is 1.50. The van der Waals surface area contributed by atoms with E-state index in [1.54, 1.807) is 0 Å². The molecule has 0 aromatic rings. The molecule has 3 nitrogen and oxygen atoms in total. The molecule has 0 aliphatic carbocycles. The fourth-order valence-corrected chi connectivity index (χ4v) is 1.50. The van der Waals surface area contributed by atoms with Crippen molar-refractivity contribution in [2.75, 3.05) is 19.6 Å². The van der Waals surface area contributed by atoms with Gasteiger partial charge in [0, 0.05) is 6.54 Å². The number of likely N-dealkylation sites (N-methyl/N-ethyl adjacent to an activating group) is 1. The second-order valence-electron chi connectivity index (χ2n) is 4.00. The minimum absolute atomic E-state index is 0.117. The molecule has 0 fully saturated rings. The van der Waals surface area contributed by atoms with Crippen LogP contribution in [0.4, 0.5) is 0 Å². The third-order valence-electron chi connectivity index (χ3n) is 2.67. The SMILES string of the molecule is CCCCC(CC)CNC(=O)CNCC. The molecule has 0 bridgehead atoms. The quantitative estimate of drug-likeness (QED) is 0.616. The van der Waals surface area contributed by atoms with E-state index in [0.29, 0.717) is 12.5 Å². The van der Waals surface area contributed by atoms with Gasteiger partial charge >= 0.3 is 0 Å². The lowest BCUT2D eigenvalue weighted by Crippen LogP contribution is -2.36. The van der Waals surface area contributed by atoms with Crippen molar-refractivity contribution >= 4 is 5.91 Å². The smallest absolute Gasteiger partial charge is 0.233 e. The van der Waals surface area contributed by atoms with E-state index in [1.807, 2.05) is 6.92 Å². The molecule has 0 rings (SSSR count). The van der Waals surface area contributed by atoms with Crippen LogP contribution in [-0.2, 0) is 4.79 Å². The van der Waals surface area contributed by atoms with Crippen molar-refractivity contribution in [1.82, 2.24) is 10.6 Å². The molecule has 0 spiro atoms. The molecule has 0 aliphatic rings. The van der Waals surface area contributed by atoms with Crippen LogP contribution in [0.25, 0.3) is 0 Å². The van der Waals surface area contributed by atoms with Gasteiger partial charge in [0.05, 0.1) is 6.54 Å². The van der Waals surface area contributed by atoms with Crippen molar-refractivity contribution in [2.24, 2.45) is 5.92 Å². The molecule has 90 valence electrons. The van der Waals surface area contributed by atoms with Gasteiger partial charge in [-0.05, 0) is 18.9 Å². The minimum atomic E-state index is 0.117. The van der Waals surface area contributed by atoms with Crippen molar-refractivity contribution in [3.8, 4) is 0 Å². The summed E-state index contributed by atoms with van der Waals surface area (Å²) in [4.78, 5) is 11.3. The first-order valence-corrected chi connectivity index (χ1v) is 6.21. The van der Waals surface area contributed by atoms with E-state index in [1.165, 1.54) is 19.3 Å². The van der Waals surface area contributed by atoms with Crippen LogP contribution < -0.4 is 10.6 Å². The maximum Gasteiger partial charge on any atom is 0.233 e. The van der Waals surface area contributed by atoms with Gasteiger partial charge in [0.25, 0.3) is 0 Å². The van der Waals surface area contributed by atoms with Gasteiger partial charge in [0.2, 0.25) is 5.91 Å². The number of rotatable bonds is 9. The molecule has 0 saturated carbocycles. The number of hydrogen-bond acceptors (Lipinski definition) is 2. The van der Waals surface area contributed by atoms with Gasteiger partial charge in [-0.15, -0.1) is 0 Å². The Bertz CT molecular complexity index is 160. The molecule has 3 heteroatoms. The molecule has 0 saturated heterocycles. The fraction of sp³-hybridized carbons (Fsp3) is 0.917. The topological polar surface area (TPSA) is 41.1 Å². The molecule has 2 N–H and O–H groups in total. The van der Waals surface area contributed by atoms with Crippen LogP contribution in [0.5, 0.6) is 0 Å². The highest BCUT2D eigenvalue weighted by Crippen LogP contribution is 2.10. The molecule has 0 radical (unpaired) electrons. The monoisotopic (exact) mass is 214 g/mol. The summed E-state index contributed by atoms with van der Waals surface area (Å²) in [5, 5.41) is 6.00. The zero-order chi connectivity index (χ0) is 11.5. The number of hydrogen-bond donors (Lipinski definition) is 2. The molecule has 0 aliphatic heterocycles. The van der Waals surface area contributed by atoms with Crippen LogP contribution >= 0.6 is 0 Å². The summed E-state index contributed by atoms with van der Waals surface area (Å²) < 4.78 is 0. The summed E-state index contributed by atoms with van der Waals surface area (Å²) in [6.45, 7) is 8.53. The molecule has 1 atom stereocenters. The Morgan fingerprint density at radius 3 is 2.53 bits per heavy atom. The minimum Gasteiger partial charge on any atom is -0.355 e. The molecule has 15 heavy (non-hydrogen) atoms. The van der Waals surface area contributed by atoms with Crippen LogP contribution in [0.3, 0.4) is 0 Å². The average Bonchev–Trinajstić information content (AvgIpc) is 2.26. The Morgan fingerprint density at radius 2 is 2.00 bits per heavy atom. The number of carbonyl (C=O) groups is 1. The van der Waals surface area contributed by atoms with Crippen LogP contribution in [0.15, 0.2) is 0 Å². The van der Waals surface area contributed by atoms with Crippen LogP contribution in [0, 0.1) is 5.92 Å². The van der Waals surface area contributed by atoms with Gasteiger partial charge in [-0.2, -0.15) is 0 Å². The maximum absolute atomic E-state index is 11.3. The van der Waals surface area contributed by atoms with Gasteiger partial charge in [-0.25, -0.2) is 0 Å². The van der Waals surface area contributed by atoms with E-state index in [9.17, 15) is 4.79 Å². The lowest BCUT2D eigenvalue weighted by atomic mass is 9.99. The largest absolute Gasteiger partial charge is 0.355 e. The Morgan fingerprint density at radius 1 is 1.27 bits per heavy atom. The predicted molar refractivity (Wildman–Crippen MR) is 64.9 cm³/mol. The maximum atomic E-state index is 11.3. The predicted octanol–water partition coefficient (Wildman–Crippen LogP) is 1.93. The van der Waals surface area contributed by atoms with Crippen LogP contribution in [-0.4, -0.2) is 25.5 Å². The van der Waals surface area contributed by atoms with Crippen LogP contribution in [0.1, 0.15) is 46.5 Å². The Balaban J connectivity index is 3.55. The Labute approximate surface area is 94.0 Å². The molecule has 0 aromatic heterocycles. The van der Waals surface area contributed by atoms with Crippen molar-refractivity contribution in [3.05, 3.63) is 0 Å². The lowest BCUT2D eigenvalue weighted by Gasteiger charge is -2.15. The highest BCUT2D eigenvalue weighted by Gasteiger charge is 2.07. The molecular weight excluding hydrogens is 188 g/mol. The third-order valence-corrected chi connectivity index (χ3v) is 2.67. The number of amides is 1. The summed E-state index contributed by atoms with van der Waals surface area (Å²) >= 11 is 0. The average molecular weight is 214 g/mol. The summed E-state index contributed by atoms with van der Waals surface area (Å²) in [6.07, 6.45) is 4.89. The Kier molecular flexibility index (Phi) is 9.59. The number of nitrogens with one attached hydrogen (secondary N) is 2. The van der Waals surface area contributed by atoms with Gasteiger partial charge in [-0.3, -0.25) is 4.79 Å². The summed E-state index contributed by atoms with van der Waals surface area (Å²) in [5.74, 6) is 0.766. The second-order valence-corrected chi connectivity index (χ2v) is 4.00. The van der Waals surface area contributed by atoms with E-state index in [0.717, 1.165) is 19.5 Å². The molecule has 0 aromatic carbocycles. The highest BCUT2D eigenvalue weighted by atomic mass is 16.1. The summed E-state index contributed by atoms with van der Waals surface area (Å²) in [7, 11) is 0. The zero-order valence-electron chi connectivity index (χ0n) is 10.4. The van der Waals surface area contributed by atoms with E-state index < -0.39 is 0 Å². The zero-order valence-corrected chi connectivity index (χ0v) is 10.4. The van der Waals surface area contributed by atoms with E-state index in [4.69, 9.17) is 0 Å². The first kappa shape index (κ1) is 14.4. The van der Waals surface area contributed by atoms with Crippen LogP contribution in [0.2, 0.25) is 0 Å². The first-order chi connectivity index (χ1) is 7.24. The lowest BCUT2D eigenvalue weighted by molar-refractivity contribution is -0.120. The number of unbranched alkanes of at least 4 members (excludes halogenated alkanes) is 1. The molecule has 0 heterocycles. The Hall–Kier alpha value is -0.570. The van der Waals surface area contributed by atoms with E-state index in [2.05, 4.69) is 24.5 Å². The molecule has 1 unspecified atom stereocenters. The normalized spacial score (nSPS) is 12.5. The highest BCUT2D eigenvalue weighted by molar-refractivity contribution is 5.77. The molecular formula is C12H26N2O. The number of carbonyl (C=O) groups excluding carboxylic acids is 1. The second kappa shape index (κ2) is 9.97. The van der Waals surface area contributed by atoms with Crippen molar-refractivity contribution in [3.63, 3.8) is 0 Å². The van der Waals surface area contributed by atoms with Crippen molar-refractivity contribution < 1.29 is 4.79 Å². The standard InChI is InChI=1S/C12H26N2O/c1-4-7-8-11(5-2)9-14-12(15)10-13-6-3/h11,13H,4-10H2,1-3H3,(H,14,15). The van der Waals surface area contributed by atoms with Gasteiger partial charge < -0.3 is 10.6 Å². The van der Waals surface area contributed by atoms with E-state index in [-0.39, 0.29) is 5.91 Å². The summed E-state index contributed by atoms with van der Waals surface area (Å²) in [5.41, 5.74) is 0. The van der Waals surface area contributed by atoms with Gasteiger partial charge in [0.15, 0.2) is 0 Å². The first-order valence-electron chi connectivity index (χ1n) is 6.21. The summed E-state index contributed by atoms with van der Waals surface area (Å²) in [6, 6.07) is 0. The van der Waals surface area contributed by atoms with E-state index >= 15 is 0 Å². The van der Waals surface area contributed by atoms with Gasteiger partial charge in [-0.1, -0.05) is 40.0 Å². The third kappa shape index (κ3) is 8.43. The molecule has 1 amide bonds.